The van der Waals surface area contributed by atoms with E-state index in [-0.39, 0.29) is 30.1 Å². The summed E-state index contributed by atoms with van der Waals surface area (Å²) in [7, 11) is 0. The van der Waals surface area contributed by atoms with Gasteiger partial charge in [0.15, 0.2) is 5.78 Å². The number of benzene rings is 2. The van der Waals surface area contributed by atoms with E-state index in [0.717, 1.165) is 0 Å². The maximum absolute atomic E-state index is 13.2. The van der Waals surface area contributed by atoms with Crippen molar-refractivity contribution >= 4 is 17.6 Å². The summed E-state index contributed by atoms with van der Waals surface area (Å²) in [6.45, 7) is 5.38. The number of amides is 2. The lowest BCUT2D eigenvalue weighted by Gasteiger charge is -2.41. The van der Waals surface area contributed by atoms with Crippen molar-refractivity contribution in [2.24, 2.45) is 0 Å². The van der Waals surface area contributed by atoms with Crippen LogP contribution in [0.2, 0.25) is 0 Å². The van der Waals surface area contributed by atoms with E-state index in [4.69, 9.17) is 0 Å². The zero-order valence-electron chi connectivity index (χ0n) is 14.7. The van der Waals surface area contributed by atoms with Gasteiger partial charge in [-0.1, -0.05) is 48.5 Å². The molecule has 0 bridgehead atoms. The van der Waals surface area contributed by atoms with Crippen molar-refractivity contribution in [1.29, 1.82) is 0 Å². The summed E-state index contributed by atoms with van der Waals surface area (Å²) < 4.78 is 0. The van der Waals surface area contributed by atoms with Gasteiger partial charge in [0.1, 0.15) is 0 Å². The van der Waals surface area contributed by atoms with Crippen molar-refractivity contribution in [3.05, 3.63) is 71.3 Å². The molecule has 0 saturated heterocycles. The predicted octanol–water partition coefficient (Wildman–Crippen LogP) is 3.61. The van der Waals surface area contributed by atoms with Crippen LogP contribution in [-0.4, -0.2) is 28.5 Å². The highest BCUT2D eigenvalue weighted by molar-refractivity contribution is 6.15. The average molecular weight is 335 g/mol. The fraction of sp³-hybridized carbons (Fsp3) is 0.286. The van der Waals surface area contributed by atoms with Crippen LogP contribution in [0.3, 0.4) is 0 Å². The average Bonchev–Trinajstić information content (AvgIpc) is 2.61. The van der Waals surface area contributed by atoms with Crippen LogP contribution in [0.4, 0.5) is 0 Å². The van der Waals surface area contributed by atoms with Crippen LogP contribution in [0.1, 0.15) is 53.5 Å². The Hall–Kier alpha value is -2.75. The molecule has 4 heteroatoms. The fourth-order valence-corrected chi connectivity index (χ4v) is 3.44. The van der Waals surface area contributed by atoms with Crippen LogP contribution >= 0.6 is 0 Å². The van der Waals surface area contributed by atoms with E-state index in [1.807, 2.05) is 19.9 Å². The van der Waals surface area contributed by atoms with Crippen LogP contribution in [0.15, 0.2) is 54.6 Å². The highest BCUT2D eigenvalue weighted by Gasteiger charge is 2.49. The number of nitrogens with zero attached hydrogens (tertiary/aromatic N) is 1. The Labute approximate surface area is 147 Å². The lowest BCUT2D eigenvalue weighted by molar-refractivity contribution is -0.136. The lowest BCUT2D eigenvalue weighted by atomic mass is 9.71. The third-order valence-electron chi connectivity index (χ3n) is 4.79. The molecule has 1 aliphatic rings. The van der Waals surface area contributed by atoms with Crippen LogP contribution in [-0.2, 0) is 10.2 Å². The van der Waals surface area contributed by atoms with Gasteiger partial charge in [0.25, 0.3) is 5.91 Å². The molecule has 2 aromatic carbocycles. The summed E-state index contributed by atoms with van der Waals surface area (Å²) in [5.41, 5.74) is 0.647. The largest absolute Gasteiger partial charge is 0.294 e. The smallest absolute Gasteiger partial charge is 0.261 e. The van der Waals surface area contributed by atoms with E-state index >= 15 is 0 Å². The van der Waals surface area contributed by atoms with E-state index in [1.54, 1.807) is 55.5 Å². The van der Waals surface area contributed by atoms with Gasteiger partial charge in [-0.2, -0.15) is 0 Å². The maximum Gasteiger partial charge on any atom is 0.261 e. The molecule has 0 saturated carbocycles. The Bertz CT molecular complexity index is 841. The molecule has 1 aliphatic heterocycles. The van der Waals surface area contributed by atoms with Crippen molar-refractivity contribution in [2.45, 2.75) is 38.6 Å². The van der Waals surface area contributed by atoms with Gasteiger partial charge in [-0.25, -0.2) is 0 Å². The molecule has 3 rings (SSSR count). The lowest BCUT2D eigenvalue weighted by Crippen LogP contribution is -2.56. The summed E-state index contributed by atoms with van der Waals surface area (Å²) in [5, 5.41) is 0. The second-order valence-corrected chi connectivity index (χ2v) is 6.92. The number of Topliss-reactive ketones (excluding diaryl/α,β-unsaturated/α-hetero) is 1. The van der Waals surface area contributed by atoms with E-state index in [9.17, 15) is 14.4 Å². The van der Waals surface area contributed by atoms with Crippen LogP contribution in [0, 0.1) is 0 Å². The first-order valence-electron chi connectivity index (χ1n) is 8.42. The minimum Gasteiger partial charge on any atom is -0.294 e. The van der Waals surface area contributed by atoms with E-state index in [1.165, 1.54) is 4.90 Å². The van der Waals surface area contributed by atoms with E-state index < -0.39 is 5.41 Å². The zero-order valence-corrected chi connectivity index (χ0v) is 14.7. The third-order valence-corrected chi connectivity index (χ3v) is 4.79. The monoisotopic (exact) mass is 335 g/mol. The first-order valence-corrected chi connectivity index (χ1v) is 8.42. The molecule has 2 aromatic rings. The molecular weight excluding hydrogens is 314 g/mol. The van der Waals surface area contributed by atoms with Gasteiger partial charge in [0.2, 0.25) is 5.91 Å². The minimum absolute atomic E-state index is 0.0311. The van der Waals surface area contributed by atoms with Gasteiger partial charge in [0, 0.05) is 23.6 Å². The topological polar surface area (TPSA) is 54.5 Å². The summed E-state index contributed by atoms with van der Waals surface area (Å²) in [6.07, 6.45) is 0.0311. The first-order chi connectivity index (χ1) is 11.9. The fourth-order valence-electron chi connectivity index (χ4n) is 3.44. The molecular formula is C21H21NO3. The van der Waals surface area contributed by atoms with Gasteiger partial charge < -0.3 is 0 Å². The Morgan fingerprint density at radius 2 is 1.60 bits per heavy atom. The van der Waals surface area contributed by atoms with Crippen molar-refractivity contribution in [2.75, 3.05) is 0 Å². The quantitative estimate of drug-likeness (QED) is 0.633. The van der Waals surface area contributed by atoms with Crippen molar-refractivity contribution in [3.8, 4) is 0 Å². The molecule has 0 N–H and O–H groups in total. The standard InChI is InChI=1S/C21H21NO3/c1-14(2)22-19(24)16-11-7-8-12-17(16)21(3,20(22)25)13-18(23)15-9-5-4-6-10-15/h4-12,14H,13H2,1-3H3. The second-order valence-electron chi connectivity index (χ2n) is 6.92. The molecule has 0 spiro atoms. The van der Waals surface area contributed by atoms with Gasteiger partial charge in [-0.3, -0.25) is 19.3 Å². The Morgan fingerprint density at radius 3 is 2.24 bits per heavy atom. The number of rotatable bonds is 4. The van der Waals surface area contributed by atoms with Gasteiger partial charge in [-0.05, 0) is 32.4 Å². The zero-order chi connectivity index (χ0) is 18.2. The number of fused-ring (bicyclic) bond motifs is 1. The van der Waals surface area contributed by atoms with Gasteiger partial charge >= 0.3 is 0 Å². The molecule has 1 atom stereocenters. The predicted molar refractivity (Wildman–Crippen MR) is 95.5 cm³/mol. The van der Waals surface area contributed by atoms with E-state index in [2.05, 4.69) is 0 Å². The number of hydrogen-bond donors (Lipinski definition) is 0. The van der Waals surface area contributed by atoms with Crippen LogP contribution in [0.5, 0.6) is 0 Å². The summed E-state index contributed by atoms with van der Waals surface area (Å²) in [5.74, 6) is -0.708. The molecule has 1 unspecified atom stereocenters. The molecule has 0 radical (unpaired) electrons. The molecule has 0 aromatic heterocycles. The van der Waals surface area contributed by atoms with Gasteiger partial charge in [-0.15, -0.1) is 0 Å². The highest BCUT2D eigenvalue weighted by Crippen LogP contribution is 2.39. The second kappa shape index (κ2) is 6.28. The van der Waals surface area contributed by atoms with Crippen LogP contribution in [0.25, 0.3) is 0 Å². The SMILES string of the molecule is CC(C)N1C(=O)c2ccccc2C(C)(CC(=O)c2ccccc2)C1=O. The minimum atomic E-state index is -1.05. The number of carbonyl (C=O) groups is 3. The molecule has 2 amide bonds. The Balaban J connectivity index is 2.09. The summed E-state index contributed by atoms with van der Waals surface area (Å²) in [6, 6.07) is 15.8. The maximum atomic E-state index is 13.2. The van der Waals surface area contributed by atoms with Crippen molar-refractivity contribution in [3.63, 3.8) is 0 Å². The molecule has 1 heterocycles. The molecule has 128 valence electrons. The number of ketones is 1. The molecule has 0 aliphatic carbocycles. The van der Waals surface area contributed by atoms with Crippen molar-refractivity contribution in [1.82, 2.24) is 4.90 Å². The molecule has 25 heavy (non-hydrogen) atoms. The Morgan fingerprint density at radius 1 is 1.00 bits per heavy atom. The third kappa shape index (κ3) is 2.78. The highest BCUT2D eigenvalue weighted by atomic mass is 16.2. The first kappa shape index (κ1) is 17.1. The number of imide groups is 1. The normalized spacial score (nSPS) is 19.9. The molecule has 0 fully saturated rings. The van der Waals surface area contributed by atoms with E-state index in [0.29, 0.717) is 16.7 Å². The Kier molecular flexibility index (Phi) is 4.29. The van der Waals surface area contributed by atoms with Crippen molar-refractivity contribution < 1.29 is 14.4 Å². The number of hydrogen-bond acceptors (Lipinski definition) is 3. The number of carbonyl (C=O) groups excluding carboxylic acids is 3. The summed E-state index contributed by atoms with van der Waals surface area (Å²) in [4.78, 5) is 40.0. The van der Waals surface area contributed by atoms with Gasteiger partial charge in [0.05, 0.1) is 5.41 Å². The van der Waals surface area contributed by atoms with Crippen LogP contribution < -0.4 is 0 Å². The molecule has 4 nitrogen and oxygen atoms in total. The summed E-state index contributed by atoms with van der Waals surface area (Å²) >= 11 is 0.